The fraction of sp³-hybridized carbons (Fsp3) is 0.400. The molecule has 0 spiro atoms. The summed E-state index contributed by atoms with van der Waals surface area (Å²) in [4.78, 5) is 14.4. The summed E-state index contributed by atoms with van der Waals surface area (Å²) >= 11 is 1.51. The molecule has 0 bridgehead atoms. The largest absolute Gasteiger partial charge is 0.433 e. The van der Waals surface area contributed by atoms with Crippen molar-refractivity contribution in [2.24, 2.45) is 0 Å². The Bertz CT molecular complexity index is 688. The minimum absolute atomic E-state index is 0.564. The molecule has 122 valence electrons. The predicted molar refractivity (Wildman–Crippen MR) is 80.9 cm³/mol. The normalized spacial score (nSPS) is 15.5. The van der Waals surface area contributed by atoms with E-state index in [1.54, 1.807) is 0 Å². The van der Waals surface area contributed by atoms with E-state index < -0.39 is 11.9 Å². The van der Waals surface area contributed by atoms with E-state index in [0.717, 1.165) is 41.0 Å². The highest BCUT2D eigenvalue weighted by Crippen LogP contribution is 2.27. The third-order valence-corrected chi connectivity index (χ3v) is 4.26. The summed E-state index contributed by atoms with van der Waals surface area (Å²) in [5.74, 6) is 0. The lowest BCUT2D eigenvalue weighted by atomic mass is 10.1. The van der Waals surface area contributed by atoms with Gasteiger partial charge >= 0.3 is 6.18 Å². The molecule has 0 radical (unpaired) electrons. The number of rotatable bonds is 3. The average molecular weight is 340 g/mol. The fourth-order valence-electron chi connectivity index (χ4n) is 2.53. The Morgan fingerprint density at radius 2 is 2.04 bits per heavy atom. The van der Waals surface area contributed by atoms with Gasteiger partial charge in [0.2, 0.25) is 0 Å². The molecule has 1 aliphatic rings. The van der Waals surface area contributed by atoms with E-state index in [2.05, 4.69) is 19.9 Å². The first-order valence-electron chi connectivity index (χ1n) is 7.09. The lowest BCUT2D eigenvalue weighted by Gasteiger charge is -2.27. The second kappa shape index (κ2) is 6.45. The first kappa shape index (κ1) is 16.2. The van der Waals surface area contributed by atoms with Gasteiger partial charge in [0.15, 0.2) is 5.16 Å². The zero-order valence-corrected chi connectivity index (χ0v) is 13.3. The monoisotopic (exact) mass is 340 g/mol. The van der Waals surface area contributed by atoms with Gasteiger partial charge in [-0.3, -0.25) is 9.88 Å². The molecule has 4 nitrogen and oxygen atoms in total. The number of pyridine rings is 1. The second-order valence-electron chi connectivity index (χ2n) is 5.34. The molecule has 2 aromatic rings. The van der Waals surface area contributed by atoms with Gasteiger partial charge in [-0.1, -0.05) is 17.8 Å². The molecular formula is C15H15F3N4S. The Hall–Kier alpha value is -1.67. The maximum absolute atomic E-state index is 12.5. The van der Waals surface area contributed by atoms with Gasteiger partial charge in [-0.15, -0.1) is 0 Å². The fourth-order valence-corrected chi connectivity index (χ4v) is 2.89. The molecule has 0 saturated carbocycles. The maximum atomic E-state index is 12.5. The summed E-state index contributed by atoms with van der Waals surface area (Å²) in [7, 11) is 0. The molecule has 0 unspecified atom stereocenters. The van der Waals surface area contributed by atoms with Gasteiger partial charge in [0, 0.05) is 44.0 Å². The molecule has 0 aliphatic carbocycles. The van der Waals surface area contributed by atoms with Crippen LogP contribution >= 0.6 is 11.8 Å². The minimum atomic E-state index is -4.39. The molecule has 0 aromatic carbocycles. The number of alkyl halides is 3. The molecule has 0 saturated heterocycles. The highest BCUT2D eigenvalue weighted by atomic mass is 32.2. The van der Waals surface area contributed by atoms with Crippen molar-refractivity contribution in [1.82, 2.24) is 19.9 Å². The van der Waals surface area contributed by atoms with Crippen LogP contribution < -0.4 is 0 Å². The van der Waals surface area contributed by atoms with Gasteiger partial charge in [-0.05, 0) is 17.9 Å². The van der Waals surface area contributed by atoms with Crippen molar-refractivity contribution in [3.63, 3.8) is 0 Å². The van der Waals surface area contributed by atoms with E-state index in [0.29, 0.717) is 13.1 Å². The maximum Gasteiger partial charge on any atom is 0.433 e. The van der Waals surface area contributed by atoms with Crippen LogP contribution in [0.25, 0.3) is 0 Å². The van der Waals surface area contributed by atoms with Crippen LogP contribution in [0.2, 0.25) is 0 Å². The Morgan fingerprint density at radius 3 is 2.70 bits per heavy atom. The Kier molecular flexibility index (Phi) is 4.54. The van der Waals surface area contributed by atoms with Gasteiger partial charge in [0.1, 0.15) is 5.69 Å². The van der Waals surface area contributed by atoms with Crippen molar-refractivity contribution in [2.75, 3.05) is 12.8 Å². The van der Waals surface area contributed by atoms with E-state index >= 15 is 0 Å². The van der Waals surface area contributed by atoms with E-state index in [-0.39, 0.29) is 0 Å². The Balaban J connectivity index is 1.67. The Morgan fingerprint density at radius 1 is 1.22 bits per heavy atom. The van der Waals surface area contributed by atoms with Crippen molar-refractivity contribution >= 4 is 11.8 Å². The molecule has 0 fully saturated rings. The van der Waals surface area contributed by atoms with Crippen LogP contribution in [0.4, 0.5) is 13.2 Å². The highest BCUT2D eigenvalue weighted by Gasteiger charge is 2.32. The predicted octanol–water partition coefficient (Wildman–Crippen LogP) is 3.17. The number of nitrogens with zero attached hydrogens (tertiary/aromatic N) is 4. The number of thioether (sulfide) groups is 1. The molecule has 0 atom stereocenters. The van der Waals surface area contributed by atoms with E-state index in [9.17, 15) is 13.2 Å². The van der Waals surface area contributed by atoms with Crippen molar-refractivity contribution in [3.8, 4) is 0 Å². The zero-order valence-electron chi connectivity index (χ0n) is 12.5. The lowest BCUT2D eigenvalue weighted by molar-refractivity contribution is -0.141. The van der Waals surface area contributed by atoms with E-state index in [4.69, 9.17) is 0 Å². The van der Waals surface area contributed by atoms with Crippen molar-refractivity contribution < 1.29 is 13.2 Å². The van der Waals surface area contributed by atoms with Crippen molar-refractivity contribution in [2.45, 2.75) is 30.8 Å². The smallest absolute Gasteiger partial charge is 0.294 e. The SMILES string of the molecule is CSc1ncc2c(n1)CCN(Cc1ccc(C(F)(F)F)nc1)C2. The van der Waals surface area contributed by atoms with Crippen LogP contribution in [-0.4, -0.2) is 32.7 Å². The molecule has 23 heavy (non-hydrogen) atoms. The standard InChI is InChI=1S/C15H15F3N4S/c1-23-14-20-7-11-9-22(5-4-12(11)21-14)8-10-2-3-13(19-6-10)15(16,17)18/h2-3,6-7H,4-5,8-9H2,1H3. The van der Waals surface area contributed by atoms with Crippen LogP contribution in [0.15, 0.2) is 29.7 Å². The third-order valence-electron chi connectivity index (χ3n) is 3.69. The van der Waals surface area contributed by atoms with Crippen LogP contribution in [0.5, 0.6) is 0 Å². The number of aromatic nitrogens is 3. The van der Waals surface area contributed by atoms with Crippen LogP contribution in [0.3, 0.4) is 0 Å². The molecule has 2 aromatic heterocycles. The molecule has 3 heterocycles. The van der Waals surface area contributed by atoms with E-state index in [1.807, 2.05) is 12.5 Å². The molecule has 0 N–H and O–H groups in total. The molecule has 1 aliphatic heterocycles. The van der Waals surface area contributed by atoms with Gasteiger partial charge in [0.05, 0.1) is 5.69 Å². The molecule has 3 rings (SSSR count). The topological polar surface area (TPSA) is 41.9 Å². The molecular weight excluding hydrogens is 325 g/mol. The quantitative estimate of drug-likeness (QED) is 0.634. The number of hydrogen-bond acceptors (Lipinski definition) is 5. The summed E-state index contributed by atoms with van der Waals surface area (Å²) in [6, 6.07) is 2.51. The van der Waals surface area contributed by atoms with Crippen molar-refractivity contribution in [3.05, 3.63) is 47.0 Å². The summed E-state index contributed by atoms with van der Waals surface area (Å²) in [6.45, 7) is 2.08. The number of halogens is 3. The van der Waals surface area contributed by atoms with E-state index in [1.165, 1.54) is 24.0 Å². The Labute approximate surface area is 136 Å². The summed E-state index contributed by atoms with van der Waals surface area (Å²) in [5, 5.41) is 0.768. The first-order valence-corrected chi connectivity index (χ1v) is 8.31. The molecule has 0 amide bonds. The lowest BCUT2D eigenvalue weighted by Crippen LogP contribution is -2.31. The summed E-state index contributed by atoms with van der Waals surface area (Å²) < 4.78 is 37.6. The number of fused-ring (bicyclic) bond motifs is 1. The third kappa shape index (κ3) is 3.81. The molecule has 8 heteroatoms. The summed E-state index contributed by atoms with van der Waals surface area (Å²) in [6.07, 6.45) is 1.50. The van der Waals surface area contributed by atoms with Gasteiger partial charge in [0.25, 0.3) is 0 Å². The highest BCUT2D eigenvalue weighted by molar-refractivity contribution is 7.98. The minimum Gasteiger partial charge on any atom is -0.294 e. The van der Waals surface area contributed by atoms with Crippen molar-refractivity contribution in [1.29, 1.82) is 0 Å². The second-order valence-corrected chi connectivity index (χ2v) is 6.11. The van der Waals surface area contributed by atoms with Crippen LogP contribution in [0, 0.1) is 0 Å². The summed E-state index contributed by atoms with van der Waals surface area (Å²) in [5.41, 5.74) is 2.05. The first-order chi connectivity index (χ1) is 11.0. The van der Waals surface area contributed by atoms with Gasteiger partial charge in [-0.25, -0.2) is 9.97 Å². The van der Waals surface area contributed by atoms with Gasteiger partial charge < -0.3 is 0 Å². The van der Waals surface area contributed by atoms with Crippen LogP contribution in [0.1, 0.15) is 22.5 Å². The average Bonchev–Trinajstić information content (AvgIpc) is 2.54. The van der Waals surface area contributed by atoms with Crippen LogP contribution in [-0.2, 0) is 25.7 Å². The van der Waals surface area contributed by atoms with Gasteiger partial charge in [-0.2, -0.15) is 13.2 Å². The zero-order chi connectivity index (χ0) is 16.4. The number of hydrogen-bond donors (Lipinski definition) is 0.